The molecule has 1 fully saturated rings. The van der Waals surface area contributed by atoms with Gasteiger partial charge < -0.3 is 5.32 Å². The third-order valence-corrected chi connectivity index (χ3v) is 4.83. The largest absolute Gasteiger partial charge is 0.359 e. The van der Waals surface area contributed by atoms with Crippen molar-refractivity contribution in [2.45, 2.75) is 51.5 Å². The van der Waals surface area contributed by atoms with Gasteiger partial charge in [0.05, 0.1) is 0 Å². The fraction of sp³-hybridized carbons (Fsp3) is 0.750. The first-order chi connectivity index (χ1) is 7.78. The van der Waals surface area contributed by atoms with Crippen LogP contribution in [0.25, 0.3) is 0 Å². The van der Waals surface area contributed by atoms with Crippen molar-refractivity contribution < 1.29 is 0 Å². The average Bonchev–Trinajstić information content (AvgIpc) is 2.67. The molecule has 1 saturated carbocycles. The molecule has 0 saturated heterocycles. The van der Waals surface area contributed by atoms with Crippen LogP contribution in [0.2, 0.25) is 0 Å². The lowest BCUT2D eigenvalue weighted by molar-refractivity contribution is 0.319. The summed E-state index contributed by atoms with van der Waals surface area (Å²) < 4.78 is 0.944. The van der Waals surface area contributed by atoms with Gasteiger partial charge in [0.25, 0.3) is 0 Å². The Morgan fingerprint density at radius 3 is 2.75 bits per heavy atom. The first kappa shape index (κ1) is 12.4. The van der Waals surface area contributed by atoms with E-state index >= 15 is 0 Å². The van der Waals surface area contributed by atoms with Gasteiger partial charge in [0, 0.05) is 11.4 Å². The van der Waals surface area contributed by atoms with Crippen LogP contribution in [-0.2, 0) is 0 Å². The van der Waals surface area contributed by atoms with Crippen LogP contribution in [0.1, 0.15) is 45.4 Å². The van der Waals surface area contributed by atoms with Crippen molar-refractivity contribution in [2.24, 2.45) is 5.92 Å². The summed E-state index contributed by atoms with van der Waals surface area (Å²) in [4.78, 5) is 4.38. The van der Waals surface area contributed by atoms with Crippen LogP contribution < -0.4 is 5.32 Å². The summed E-state index contributed by atoms with van der Waals surface area (Å²) in [7, 11) is 0. The third-order valence-electron chi connectivity index (χ3n) is 3.35. The van der Waals surface area contributed by atoms with E-state index in [4.69, 9.17) is 0 Å². The van der Waals surface area contributed by atoms with Gasteiger partial charge in [-0.3, -0.25) is 0 Å². The second kappa shape index (κ2) is 6.01. The van der Waals surface area contributed by atoms with Crippen molar-refractivity contribution in [1.82, 2.24) is 4.98 Å². The number of aromatic nitrogens is 1. The molecule has 0 bridgehead atoms. The normalized spacial score (nSPS) is 25.6. The molecular weight excluding hydrogens is 284 g/mol. The van der Waals surface area contributed by atoms with Gasteiger partial charge in [-0.05, 0) is 47.5 Å². The molecule has 0 amide bonds. The number of nitrogens with zero attached hydrogens (tertiary/aromatic N) is 1. The number of nitrogens with one attached hydrogen (secondary N) is 1. The van der Waals surface area contributed by atoms with Crippen LogP contribution >= 0.6 is 27.3 Å². The van der Waals surface area contributed by atoms with Crippen LogP contribution in [0.15, 0.2) is 9.98 Å². The predicted molar refractivity (Wildman–Crippen MR) is 74.1 cm³/mol. The number of halogens is 1. The van der Waals surface area contributed by atoms with Crippen molar-refractivity contribution in [3.63, 3.8) is 0 Å². The highest BCUT2D eigenvalue weighted by atomic mass is 79.9. The average molecular weight is 303 g/mol. The van der Waals surface area contributed by atoms with E-state index in [1.807, 2.05) is 5.38 Å². The summed E-state index contributed by atoms with van der Waals surface area (Å²) in [5.74, 6) is 0.978. The Kier molecular flexibility index (Phi) is 4.65. The van der Waals surface area contributed by atoms with Crippen LogP contribution in [0.3, 0.4) is 0 Å². The Labute approximate surface area is 110 Å². The Balaban J connectivity index is 1.77. The number of anilines is 1. The van der Waals surface area contributed by atoms with Crippen LogP contribution in [0.4, 0.5) is 5.13 Å². The zero-order valence-corrected chi connectivity index (χ0v) is 12.1. The van der Waals surface area contributed by atoms with Gasteiger partial charge in [-0.2, -0.15) is 0 Å². The van der Waals surface area contributed by atoms with E-state index in [9.17, 15) is 0 Å². The molecule has 0 spiro atoms. The zero-order valence-electron chi connectivity index (χ0n) is 9.71. The Hall–Kier alpha value is -0.0900. The molecule has 0 aromatic carbocycles. The molecule has 1 N–H and O–H groups in total. The van der Waals surface area contributed by atoms with Crippen molar-refractivity contribution in [3.05, 3.63) is 9.98 Å². The lowest BCUT2D eigenvalue weighted by atomic mass is 9.83. The fourth-order valence-corrected chi connectivity index (χ4v) is 3.72. The molecule has 16 heavy (non-hydrogen) atoms. The molecule has 1 heterocycles. The predicted octanol–water partition coefficient (Wildman–Crippen LogP) is 4.68. The lowest BCUT2D eigenvalue weighted by Crippen LogP contribution is -2.25. The van der Waals surface area contributed by atoms with Crippen LogP contribution in [0.5, 0.6) is 0 Å². The minimum atomic E-state index is 0.645. The zero-order chi connectivity index (χ0) is 11.4. The van der Waals surface area contributed by atoms with Gasteiger partial charge in [0.2, 0.25) is 0 Å². The van der Waals surface area contributed by atoms with Gasteiger partial charge in [-0.1, -0.05) is 19.8 Å². The first-order valence-electron chi connectivity index (χ1n) is 6.15. The Morgan fingerprint density at radius 1 is 1.44 bits per heavy atom. The van der Waals surface area contributed by atoms with E-state index in [-0.39, 0.29) is 0 Å². The summed E-state index contributed by atoms with van der Waals surface area (Å²) in [5.41, 5.74) is 0. The summed E-state index contributed by atoms with van der Waals surface area (Å²) in [6.45, 7) is 2.29. The molecule has 2 rings (SSSR count). The summed E-state index contributed by atoms with van der Waals surface area (Å²) in [6.07, 6.45) is 8.14. The molecule has 1 aromatic rings. The number of hydrogen-bond acceptors (Lipinski definition) is 3. The van der Waals surface area contributed by atoms with E-state index in [2.05, 4.69) is 33.2 Å². The molecule has 0 atom stereocenters. The first-order valence-corrected chi connectivity index (χ1v) is 7.82. The molecule has 1 aromatic heterocycles. The number of thiazole rings is 1. The molecule has 2 nitrogen and oxygen atoms in total. The molecule has 1 aliphatic rings. The van der Waals surface area contributed by atoms with Crippen molar-refractivity contribution in [1.29, 1.82) is 0 Å². The lowest BCUT2D eigenvalue weighted by Gasteiger charge is -2.28. The summed E-state index contributed by atoms with van der Waals surface area (Å²) >= 11 is 5.07. The molecule has 0 aliphatic heterocycles. The van der Waals surface area contributed by atoms with Crippen molar-refractivity contribution in [2.75, 3.05) is 5.32 Å². The summed E-state index contributed by atoms with van der Waals surface area (Å²) in [6, 6.07) is 0.645. The number of hydrogen-bond donors (Lipinski definition) is 1. The monoisotopic (exact) mass is 302 g/mol. The van der Waals surface area contributed by atoms with E-state index < -0.39 is 0 Å². The molecule has 0 radical (unpaired) electrons. The van der Waals surface area contributed by atoms with E-state index in [1.54, 1.807) is 11.3 Å². The number of rotatable bonds is 4. The van der Waals surface area contributed by atoms with Crippen LogP contribution in [-0.4, -0.2) is 11.0 Å². The van der Waals surface area contributed by atoms with Gasteiger partial charge in [-0.15, -0.1) is 11.3 Å². The van der Waals surface area contributed by atoms with E-state index in [0.717, 1.165) is 15.7 Å². The van der Waals surface area contributed by atoms with Gasteiger partial charge in [0.15, 0.2) is 5.13 Å². The van der Waals surface area contributed by atoms with Crippen LogP contribution in [0, 0.1) is 5.92 Å². The van der Waals surface area contributed by atoms with E-state index in [1.165, 1.54) is 38.5 Å². The SMILES string of the molecule is CCCC1CCC(Nc2nc(Br)cs2)CC1. The van der Waals surface area contributed by atoms with Gasteiger partial charge in [-0.25, -0.2) is 4.98 Å². The second-order valence-electron chi connectivity index (χ2n) is 4.63. The smallest absolute Gasteiger partial charge is 0.183 e. The fourth-order valence-electron chi connectivity index (χ4n) is 2.50. The molecule has 1 aliphatic carbocycles. The van der Waals surface area contributed by atoms with Crippen molar-refractivity contribution in [3.8, 4) is 0 Å². The molecular formula is C12H19BrN2S. The minimum Gasteiger partial charge on any atom is -0.359 e. The third kappa shape index (κ3) is 3.45. The second-order valence-corrected chi connectivity index (χ2v) is 6.30. The summed E-state index contributed by atoms with van der Waals surface area (Å²) in [5, 5.41) is 6.64. The topological polar surface area (TPSA) is 24.9 Å². The van der Waals surface area contributed by atoms with Gasteiger partial charge in [0.1, 0.15) is 4.60 Å². The highest BCUT2D eigenvalue weighted by Crippen LogP contribution is 2.30. The van der Waals surface area contributed by atoms with Gasteiger partial charge >= 0.3 is 0 Å². The Morgan fingerprint density at radius 2 is 2.19 bits per heavy atom. The van der Waals surface area contributed by atoms with Crippen molar-refractivity contribution >= 4 is 32.4 Å². The maximum atomic E-state index is 4.38. The maximum Gasteiger partial charge on any atom is 0.183 e. The highest BCUT2D eigenvalue weighted by Gasteiger charge is 2.20. The minimum absolute atomic E-state index is 0.645. The molecule has 4 heteroatoms. The molecule has 90 valence electrons. The molecule has 0 unspecified atom stereocenters. The maximum absolute atomic E-state index is 4.38. The van der Waals surface area contributed by atoms with E-state index in [0.29, 0.717) is 6.04 Å². The quantitative estimate of drug-likeness (QED) is 0.874. The standard InChI is InChI=1S/C12H19BrN2S/c1-2-3-9-4-6-10(7-5-9)14-12-15-11(13)8-16-12/h8-10H,2-7H2,1H3,(H,14,15). The highest BCUT2D eigenvalue weighted by molar-refractivity contribution is 9.10. The Bertz CT molecular complexity index is 319.